The Morgan fingerprint density at radius 3 is 2.62 bits per heavy atom. The highest BCUT2D eigenvalue weighted by molar-refractivity contribution is 7.22. The second-order valence-electron chi connectivity index (χ2n) is 5.58. The number of benzene rings is 1. The van der Waals surface area contributed by atoms with Crippen LogP contribution in [-0.2, 0) is 4.79 Å². The molecular formula is C16H21N3OS. The first-order valence-corrected chi connectivity index (χ1v) is 8.51. The van der Waals surface area contributed by atoms with E-state index in [0.717, 1.165) is 23.3 Å². The van der Waals surface area contributed by atoms with Crippen LogP contribution in [0.5, 0.6) is 0 Å². The molecule has 0 unspecified atom stereocenters. The first-order chi connectivity index (χ1) is 10.3. The van der Waals surface area contributed by atoms with Gasteiger partial charge < -0.3 is 5.32 Å². The number of aromatic nitrogens is 1. The molecule has 0 saturated carbocycles. The monoisotopic (exact) mass is 303 g/mol. The minimum absolute atomic E-state index is 0.0506. The van der Waals surface area contributed by atoms with Crippen LogP contribution in [-0.4, -0.2) is 35.4 Å². The van der Waals surface area contributed by atoms with E-state index < -0.39 is 0 Å². The van der Waals surface area contributed by atoms with Crippen molar-refractivity contribution in [1.29, 1.82) is 0 Å². The fourth-order valence-electron chi connectivity index (χ4n) is 2.76. The van der Waals surface area contributed by atoms with Gasteiger partial charge in [0, 0.05) is 0 Å². The van der Waals surface area contributed by atoms with E-state index in [0.29, 0.717) is 11.7 Å². The minimum atomic E-state index is 0.0506. The summed E-state index contributed by atoms with van der Waals surface area (Å²) in [5, 5.41) is 3.64. The molecule has 5 heteroatoms. The summed E-state index contributed by atoms with van der Waals surface area (Å²) in [6, 6.07) is 7.96. The average Bonchev–Trinajstić information content (AvgIpc) is 2.83. The van der Waals surface area contributed by atoms with Crippen LogP contribution in [0, 0.1) is 0 Å². The molecule has 1 fully saturated rings. The predicted molar refractivity (Wildman–Crippen MR) is 87.8 cm³/mol. The zero-order chi connectivity index (χ0) is 14.5. The molecule has 2 heterocycles. The van der Waals surface area contributed by atoms with Crippen molar-refractivity contribution in [2.24, 2.45) is 0 Å². The van der Waals surface area contributed by atoms with E-state index in [4.69, 9.17) is 0 Å². The molecule has 1 amide bonds. The SMILES string of the molecule is O=C(CN1CCCCCCC1)Nc1nc2ccccc2s1. The van der Waals surface area contributed by atoms with Gasteiger partial charge in [-0.05, 0) is 38.1 Å². The standard InChI is InChI=1S/C16H21N3OS/c20-15(12-19-10-6-2-1-3-7-11-19)18-16-17-13-8-4-5-9-14(13)21-16/h4-5,8-9H,1-3,6-7,10-12H2,(H,17,18,20). The van der Waals surface area contributed by atoms with Crippen molar-refractivity contribution in [3.63, 3.8) is 0 Å². The molecule has 0 radical (unpaired) electrons. The summed E-state index contributed by atoms with van der Waals surface area (Å²) in [5.41, 5.74) is 0.948. The van der Waals surface area contributed by atoms with Gasteiger partial charge in [-0.3, -0.25) is 9.69 Å². The maximum Gasteiger partial charge on any atom is 0.240 e. The number of likely N-dealkylation sites (tertiary alicyclic amines) is 1. The third kappa shape index (κ3) is 4.02. The van der Waals surface area contributed by atoms with Crippen LogP contribution in [0.25, 0.3) is 10.2 Å². The number of carbonyl (C=O) groups excluding carboxylic acids is 1. The van der Waals surface area contributed by atoms with Crippen LogP contribution in [0.2, 0.25) is 0 Å². The Bertz CT molecular complexity index is 569. The largest absolute Gasteiger partial charge is 0.301 e. The molecule has 0 spiro atoms. The average molecular weight is 303 g/mol. The third-order valence-corrected chi connectivity index (χ3v) is 4.81. The lowest BCUT2D eigenvalue weighted by Gasteiger charge is -2.23. The third-order valence-electron chi connectivity index (χ3n) is 3.86. The van der Waals surface area contributed by atoms with Crippen LogP contribution in [0.1, 0.15) is 32.1 Å². The predicted octanol–water partition coefficient (Wildman–Crippen LogP) is 3.50. The number of anilines is 1. The molecule has 1 aromatic heterocycles. The van der Waals surface area contributed by atoms with Gasteiger partial charge in [-0.15, -0.1) is 0 Å². The number of para-hydroxylation sites is 1. The van der Waals surface area contributed by atoms with Crippen LogP contribution in [0.3, 0.4) is 0 Å². The number of amides is 1. The quantitative estimate of drug-likeness (QED) is 0.944. The molecule has 1 N–H and O–H groups in total. The van der Waals surface area contributed by atoms with Gasteiger partial charge in [0.1, 0.15) is 0 Å². The van der Waals surface area contributed by atoms with Crippen LogP contribution in [0.15, 0.2) is 24.3 Å². The van der Waals surface area contributed by atoms with E-state index >= 15 is 0 Å². The smallest absolute Gasteiger partial charge is 0.240 e. The first kappa shape index (κ1) is 14.5. The fourth-order valence-corrected chi connectivity index (χ4v) is 3.64. The Balaban J connectivity index is 1.57. The van der Waals surface area contributed by atoms with E-state index in [2.05, 4.69) is 15.2 Å². The van der Waals surface area contributed by atoms with Gasteiger partial charge in [-0.25, -0.2) is 4.98 Å². The molecule has 21 heavy (non-hydrogen) atoms. The van der Waals surface area contributed by atoms with Gasteiger partial charge in [0.2, 0.25) is 5.91 Å². The van der Waals surface area contributed by atoms with Crippen LogP contribution < -0.4 is 5.32 Å². The van der Waals surface area contributed by atoms with Gasteiger partial charge in [0.05, 0.1) is 16.8 Å². The van der Waals surface area contributed by atoms with Crippen molar-refractivity contribution in [2.75, 3.05) is 25.0 Å². The number of fused-ring (bicyclic) bond motifs is 1. The van der Waals surface area contributed by atoms with Gasteiger partial charge in [-0.1, -0.05) is 42.7 Å². The normalized spacial score (nSPS) is 17.3. The van der Waals surface area contributed by atoms with Crippen molar-refractivity contribution in [1.82, 2.24) is 9.88 Å². The molecule has 1 saturated heterocycles. The van der Waals surface area contributed by atoms with Crippen molar-refractivity contribution in [3.05, 3.63) is 24.3 Å². The van der Waals surface area contributed by atoms with E-state index in [-0.39, 0.29) is 5.91 Å². The number of nitrogens with zero attached hydrogens (tertiary/aromatic N) is 2. The zero-order valence-corrected chi connectivity index (χ0v) is 13.0. The van der Waals surface area contributed by atoms with Crippen molar-refractivity contribution in [3.8, 4) is 0 Å². The number of nitrogens with one attached hydrogen (secondary N) is 1. The topological polar surface area (TPSA) is 45.2 Å². The highest BCUT2D eigenvalue weighted by Gasteiger charge is 2.13. The summed E-state index contributed by atoms with van der Waals surface area (Å²) in [6.45, 7) is 2.55. The van der Waals surface area contributed by atoms with E-state index in [9.17, 15) is 4.79 Å². The zero-order valence-electron chi connectivity index (χ0n) is 12.2. The van der Waals surface area contributed by atoms with Gasteiger partial charge >= 0.3 is 0 Å². The van der Waals surface area contributed by atoms with Crippen LogP contribution in [0.4, 0.5) is 5.13 Å². The van der Waals surface area contributed by atoms with Crippen molar-refractivity contribution < 1.29 is 4.79 Å². The lowest BCUT2D eigenvalue weighted by atomic mass is 10.1. The van der Waals surface area contributed by atoms with Crippen molar-refractivity contribution in [2.45, 2.75) is 32.1 Å². The molecule has 0 atom stereocenters. The van der Waals surface area contributed by atoms with E-state index in [1.165, 1.54) is 43.4 Å². The maximum atomic E-state index is 12.2. The van der Waals surface area contributed by atoms with E-state index in [1.54, 1.807) is 0 Å². The van der Waals surface area contributed by atoms with Gasteiger partial charge in [0.25, 0.3) is 0 Å². The number of carbonyl (C=O) groups is 1. The summed E-state index contributed by atoms with van der Waals surface area (Å²) < 4.78 is 1.11. The highest BCUT2D eigenvalue weighted by Crippen LogP contribution is 2.25. The molecular weight excluding hydrogens is 282 g/mol. The number of hydrogen-bond acceptors (Lipinski definition) is 4. The summed E-state index contributed by atoms with van der Waals surface area (Å²) in [6.07, 6.45) is 6.32. The lowest BCUT2D eigenvalue weighted by Crippen LogP contribution is -2.35. The summed E-state index contributed by atoms with van der Waals surface area (Å²) >= 11 is 1.53. The molecule has 0 aliphatic carbocycles. The molecule has 1 aromatic carbocycles. The molecule has 1 aliphatic rings. The molecule has 1 aliphatic heterocycles. The number of rotatable bonds is 3. The van der Waals surface area contributed by atoms with E-state index in [1.807, 2.05) is 24.3 Å². The number of thiazole rings is 1. The molecule has 4 nitrogen and oxygen atoms in total. The maximum absolute atomic E-state index is 12.2. The number of hydrogen-bond donors (Lipinski definition) is 1. The summed E-state index contributed by atoms with van der Waals surface area (Å²) in [4.78, 5) is 18.9. The first-order valence-electron chi connectivity index (χ1n) is 7.69. The van der Waals surface area contributed by atoms with Gasteiger partial charge in [0.15, 0.2) is 5.13 Å². The minimum Gasteiger partial charge on any atom is -0.301 e. The van der Waals surface area contributed by atoms with Gasteiger partial charge in [-0.2, -0.15) is 0 Å². The fraction of sp³-hybridized carbons (Fsp3) is 0.500. The Hall–Kier alpha value is -1.46. The second-order valence-corrected chi connectivity index (χ2v) is 6.61. The van der Waals surface area contributed by atoms with Crippen LogP contribution >= 0.6 is 11.3 Å². The summed E-state index contributed by atoms with van der Waals surface area (Å²) in [5.74, 6) is 0.0506. The summed E-state index contributed by atoms with van der Waals surface area (Å²) in [7, 11) is 0. The lowest BCUT2D eigenvalue weighted by molar-refractivity contribution is -0.117. The Morgan fingerprint density at radius 1 is 1.14 bits per heavy atom. The molecule has 112 valence electrons. The van der Waals surface area contributed by atoms with Crippen molar-refractivity contribution >= 4 is 32.6 Å². The molecule has 2 aromatic rings. The Kier molecular flexibility index (Phi) is 4.83. The molecule has 0 bridgehead atoms. The Labute approximate surface area is 129 Å². The Morgan fingerprint density at radius 2 is 1.86 bits per heavy atom. The second kappa shape index (κ2) is 7.00. The molecule has 3 rings (SSSR count). The highest BCUT2D eigenvalue weighted by atomic mass is 32.1.